The number of aromatic nitrogens is 4. The highest BCUT2D eigenvalue weighted by Crippen LogP contribution is 2.12. The molecule has 6 heteroatoms. The summed E-state index contributed by atoms with van der Waals surface area (Å²) in [7, 11) is 0. The molecule has 0 aliphatic carbocycles. The van der Waals surface area contributed by atoms with Gasteiger partial charge in [-0.2, -0.15) is 5.10 Å². The highest BCUT2D eigenvalue weighted by Gasteiger charge is 2.06. The second kappa shape index (κ2) is 7.09. The van der Waals surface area contributed by atoms with Gasteiger partial charge in [0.25, 0.3) is 0 Å². The maximum Gasteiger partial charge on any atom is 0.203 e. The zero-order valence-electron chi connectivity index (χ0n) is 12.4. The number of H-pyrrole nitrogens is 1. The molecule has 0 aromatic carbocycles. The molecule has 0 radical (unpaired) electrons. The van der Waals surface area contributed by atoms with Crippen LogP contribution >= 0.6 is 0 Å². The SMILES string of the molecule is CCOCCCn1cc(C)nc1NCc1cn[nH]c1C. The van der Waals surface area contributed by atoms with Crippen LogP contribution < -0.4 is 5.32 Å². The summed E-state index contributed by atoms with van der Waals surface area (Å²) in [6, 6.07) is 0. The first-order valence-electron chi connectivity index (χ1n) is 7.05. The lowest BCUT2D eigenvalue weighted by molar-refractivity contribution is 0.142. The number of rotatable bonds is 8. The fourth-order valence-electron chi connectivity index (χ4n) is 2.07. The molecule has 2 aromatic rings. The number of nitrogens with zero attached hydrogens (tertiary/aromatic N) is 3. The number of ether oxygens (including phenoxy) is 1. The van der Waals surface area contributed by atoms with Gasteiger partial charge in [-0.15, -0.1) is 0 Å². The van der Waals surface area contributed by atoms with E-state index < -0.39 is 0 Å². The standard InChI is InChI=1S/C14H23N5O/c1-4-20-7-5-6-19-10-11(2)17-14(19)15-8-13-9-16-18-12(13)3/h9-10H,4-8H2,1-3H3,(H,15,17)(H,16,18). The van der Waals surface area contributed by atoms with E-state index in [9.17, 15) is 0 Å². The Balaban J connectivity index is 1.91. The predicted octanol–water partition coefficient (Wildman–Crippen LogP) is 2.26. The van der Waals surface area contributed by atoms with Gasteiger partial charge in [0.15, 0.2) is 0 Å². The third kappa shape index (κ3) is 3.84. The second-order valence-electron chi connectivity index (χ2n) is 4.82. The Hall–Kier alpha value is -1.82. The molecule has 0 atom stereocenters. The van der Waals surface area contributed by atoms with Gasteiger partial charge < -0.3 is 14.6 Å². The third-order valence-electron chi connectivity index (χ3n) is 3.16. The van der Waals surface area contributed by atoms with Crippen LogP contribution in [0.4, 0.5) is 5.95 Å². The molecule has 0 unspecified atom stereocenters. The van der Waals surface area contributed by atoms with Crippen molar-refractivity contribution in [2.24, 2.45) is 0 Å². The van der Waals surface area contributed by atoms with Crippen molar-refractivity contribution in [2.45, 2.75) is 40.3 Å². The van der Waals surface area contributed by atoms with Crippen LogP contribution in [-0.4, -0.2) is 33.0 Å². The lowest BCUT2D eigenvalue weighted by Crippen LogP contribution is -2.09. The number of hydrogen-bond donors (Lipinski definition) is 2. The van der Waals surface area contributed by atoms with E-state index in [2.05, 4.69) is 31.3 Å². The fourth-order valence-corrected chi connectivity index (χ4v) is 2.07. The maximum absolute atomic E-state index is 5.37. The highest BCUT2D eigenvalue weighted by molar-refractivity contribution is 5.31. The van der Waals surface area contributed by atoms with Gasteiger partial charge in [0.2, 0.25) is 5.95 Å². The van der Waals surface area contributed by atoms with Crippen molar-refractivity contribution >= 4 is 5.95 Å². The van der Waals surface area contributed by atoms with E-state index in [0.29, 0.717) is 0 Å². The van der Waals surface area contributed by atoms with E-state index >= 15 is 0 Å². The summed E-state index contributed by atoms with van der Waals surface area (Å²) < 4.78 is 7.51. The van der Waals surface area contributed by atoms with Gasteiger partial charge in [-0.25, -0.2) is 4.98 Å². The molecule has 0 spiro atoms. The molecular formula is C14H23N5O. The quantitative estimate of drug-likeness (QED) is 0.726. The minimum atomic E-state index is 0.726. The van der Waals surface area contributed by atoms with E-state index in [-0.39, 0.29) is 0 Å². The summed E-state index contributed by atoms with van der Waals surface area (Å²) in [5.74, 6) is 0.902. The minimum Gasteiger partial charge on any atom is -0.382 e. The third-order valence-corrected chi connectivity index (χ3v) is 3.16. The first-order valence-corrected chi connectivity index (χ1v) is 7.05. The lowest BCUT2D eigenvalue weighted by Gasteiger charge is -2.09. The van der Waals surface area contributed by atoms with Crippen LogP contribution in [0.25, 0.3) is 0 Å². The molecule has 0 bridgehead atoms. The minimum absolute atomic E-state index is 0.726. The molecular weight excluding hydrogens is 254 g/mol. The zero-order chi connectivity index (χ0) is 14.4. The second-order valence-corrected chi connectivity index (χ2v) is 4.82. The first-order chi connectivity index (χ1) is 9.70. The maximum atomic E-state index is 5.37. The molecule has 2 heterocycles. The smallest absolute Gasteiger partial charge is 0.203 e. The average Bonchev–Trinajstić information content (AvgIpc) is 2.98. The molecule has 0 aliphatic heterocycles. The van der Waals surface area contributed by atoms with Gasteiger partial charge in [0, 0.05) is 43.8 Å². The normalized spacial score (nSPS) is 10.9. The molecule has 2 N–H and O–H groups in total. The largest absolute Gasteiger partial charge is 0.382 e. The molecule has 0 amide bonds. The monoisotopic (exact) mass is 277 g/mol. The summed E-state index contributed by atoms with van der Waals surface area (Å²) in [6.45, 7) is 9.23. The summed E-state index contributed by atoms with van der Waals surface area (Å²) >= 11 is 0. The Kier molecular flexibility index (Phi) is 5.17. The van der Waals surface area contributed by atoms with Crippen molar-refractivity contribution in [3.63, 3.8) is 0 Å². The number of hydrogen-bond acceptors (Lipinski definition) is 4. The Bertz CT molecular complexity index is 531. The Morgan fingerprint density at radius 3 is 2.95 bits per heavy atom. The molecule has 2 rings (SSSR count). The molecule has 20 heavy (non-hydrogen) atoms. The number of aromatic amines is 1. The van der Waals surface area contributed by atoms with Gasteiger partial charge in [-0.05, 0) is 27.2 Å². The van der Waals surface area contributed by atoms with E-state index in [4.69, 9.17) is 4.74 Å². The highest BCUT2D eigenvalue weighted by atomic mass is 16.5. The molecule has 6 nitrogen and oxygen atoms in total. The predicted molar refractivity (Wildman–Crippen MR) is 78.7 cm³/mol. The Labute approximate surface area is 119 Å². The van der Waals surface area contributed by atoms with E-state index in [1.165, 1.54) is 0 Å². The summed E-state index contributed by atoms with van der Waals surface area (Å²) in [6.07, 6.45) is 4.90. The van der Waals surface area contributed by atoms with E-state index in [0.717, 1.165) is 55.6 Å². The lowest BCUT2D eigenvalue weighted by atomic mass is 10.3. The molecule has 0 saturated heterocycles. The average molecular weight is 277 g/mol. The van der Waals surface area contributed by atoms with Crippen LogP contribution in [0.1, 0.15) is 30.3 Å². The molecule has 0 aliphatic rings. The van der Waals surface area contributed by atoms with Crippen molar-refractivity contribution in [3.8, 4) is 0 Å². The van der Waals surface area contributed by atoms with Crippen LogP contribution in [0.15, 0.2) is 12.4 Å². The van der Waals surface area contributed by atoms with Gasteiger partial charge in [-0.1, -0.05) is 0 Å². The Morgan fingerprint density at radius 2 is 2.25 bits per heavy atom. The number of imidazole rings is 1. The summed E-state index contributed by atoms with van der Waals surface area (Å²) in [4.78, 5) is 4.52. The molecule has 110 valence electrons. The molecule has 0 fully saturated rings. The van der Waals surface area contributed by atoms with Gasteiger partial charge in [0.05, 0.1) is 11.9 Å². The van der Waals surface area contributed by atoms with Crippen molar-refractivity contribution < 1.29 is 4.74 Å². The summed E-state index contributed by atoms with van der Waals surface area (Å²) in [5, 5.41) is 10.3. The van der Waals surface area contributed by atoms with Gasteiger partial charge in [0.1, 0.15) is 0 Å². The zero-order valence-corrected chi connectivity index (χ0v) is 12.4. The molecule has 2 aromatic heterocycles. The van der Waals surface area contributed by atoms with Crippen LogP contribution in [0.5, 0.6) is 0 Å². The van der Waals surface area contributed by atoms with Crippen molar-refractivity contribution in [1.29, 1.82) is 0 Å². The van der Waals surface area contributed by atoms with Crippen LogP contribution in [0.2, 0.25) is 0 Å². The topological polar surface area (TPSA) is 67.8 Å². The van der Waals surface area contributed by atoms with Crippen LogP contribution in [-0.2, 0) is 17.8 Å². The summed E-state index contributed by atoms with van der Waals surface area (Å²) in [5.41, 5.74) is 3.27. The first kappa shape index (κ1) is 14.6. The van der Waals surface area contributed by atoms with Crippen LogP contribution in [0, 0.1) is 13.8 Å². The van der Waals surface area contributed by atoms with E-state index in [1.54, 1.807) is 0 Å². The van der Waals surface area contributed by atoms with Crippen molar-refractivity contribution in [3.05, 3.63) is 29.3 Å². The number of nitrogens with one attached hydrogen (secondary N) is 2. The number of aryl methyl sites for hydroxylation is 3. The van der Waals surface area contributed by atoms with Crippen molar-refractivity contribution in [1.82, 2.24) is 19.7 Å². The fraction of sp³-hybridized carbons (Fsp3) is 0.571. The molecule has 0 saturated carbocycles. The van der Waals surface area contributed by atoms with E-state index in [1.807, 2.05) is 27.0 Å². The Morgan fingerprint density at radius 1 is 1.40 bits per heavy atom. The van der Waals surface area contributed by atoms with Gasteiger partial charge in [-0.3, -0.25) is 5.10 Å². The van der Waals surface area contributed by atoms with Crippen LogP contribution in [0.3, 0.4) is 0 Å². The number of anilines is 1. The van der Waals surface area contributed by atoms with Crippen molar-refractivity contribution in [2.75, 3.05) is 18.5 Å². The van der Waals surface area contributed by atoms with Gasteiger partial charge >= 0.3 is 0 Å².